The highest BCUT2D eigenvalue weighted by Crippen LogP contribution is 2.18. The van der Waals surface area contributed by atoms with E-state index in [1.165, 1.54) is 0 Å². The van der Waals surface area contributed by atoms with Crippen molar-refractivity contribution in [1.82, 2.24) is 0 Å². The lowest BCUT2D eigenvalue weighted by molar-refractivity contribution is 0.236. The molecule has 0 aliphatic heterocycles. The summed E-state index contributed by atoms with van der Waals surface area (Å²) in [6.45, 7) is 3.69. The first-order valence-electron chi connectivity index (χ1n) is 4.33. The van der Waals surface area contributed by atoms with Crippen LogP contribution in [0.15, 0.2) is 24.3 Å². The van der Waals surface area contributed by atoms with Crippen molar-refractivity contribution < 1.29 is 12.6 Å². The summed E-state index contributed by atoms with van der Waals surface area (Å²) in [6.07, 6.45) is 0.628. The number of aryl methyl sites for hydroxylation is 1. The second-order valence-corrected chi connectivity index (χ2v) is 4.95. The monoisotopic (exact) mass is 214 g/mol. The minimum absolute atomic E-state index is 0.425. The molecule has 1 aromatic carbocycles. The molecule has 78 valence electrons. The van der Waals surface area contributed by atoms with E-state index in [-0.39, 0.29) is 0 Å². The fraction of sp³-hybridized carbons (Fsp3) is 0.400. The Bertz CT molecular complexity index is 392. The minimum atomic E-state index is -3.38. The predicted molar refractivity (Wildman–Crippen MR) is 55.5 cm³/mol. The summed E-state index contributed by atoms with van der Waals surface area (Å²) in [5, 5.41) is 0. The van der Waals surface area contributed by atoms with Crippen LogP contribution in [0.4, 0.5) is 0 Å². The van der Waals surface area contributed by atoms with Crippen LogP contribution < -0.4 is 0 Å². The van der Waals surface area contributed by atoms with Crippen LogP contribution in [0.25, 0.3) is 0 Å². The third-order valence-corrected chi connectivity index (χ3v) is 2.50. The van der Waals surface area contributed by atoms with Gasteiger partial charge in [-0.1, -0.05) is 29.8 Å². The van der Waals surface area contributed by atoms with Crippen LogP contribution in [0.5, 0.6) is 0 Å². The van der Waals surface area contributed by atoms with E-state index >= 15 is 0 Å². The van der Waals surface area contributed by atoms with E-state index in [9.17, 15) is 8.42 Å². The highest BCUT2D eigenvalue weighted by molar-refractivity contribution is 7.86. The fourth-order valence-corrected chi connectivity index (χ4v) is 1.79. The zero-order valence-electron chi connectivity index (χ0n) is 8.52. The Hall–Kier alpha value is -0.870. The van der Waals surface area contributed by atoms with Gasteiger partial charge in [-0.15, -0.1) is 0 Å². The predicted octanol–water partition coefficient (Wildman–Crippen LogP) is 2.03. The molecule has 0 saturated carbocycles. The molecule has 0 amide bonds. The molecule has 0 N–H and O–H groups in total. The fourth-order valence-electron chi connectivity index (χ4n) is 1.16. The van der Waals surface area contributed by atoms with Gasteiger partial charge in [0.25, 0.3) is 10.1 Å². The molecule has 0 aliphatic carbocycles. The Morgan fingerprint density at radius 3 is 2.14 bits per heavy atom. The number of hydrogen-bond donors (Lipinski definition) is 0. The molecule has 1 aromatic rings. The maximum atomic E-state index is 10.9. The van der Waals surface area contributed by atoms with Crippen LogP contribution in [0.2, 0.25) is 0 Å². The summed E-state index contributed by atoms with van der Waals surface area (Å²) in [7, 11) is -3.38. The SMILES string of the molecule is Cc1ccc(C(C)OS(C)(=O)=O)cc1. The summed E-state index contributed by atoms with van der Waals surface area (Å²) in [5.41, 5.74) is 2.00. The smallest absolute Gasteiger partial charge is 0.262 e. The zero-order chi connectivity index (χ0) is 10.8. The lowest BCUT2D eigenvalue weighted by Crippen LogP contribution is -2.07. The van der Waals surface area contributed by atoms with Gasteiger partial charge in [-0.2, -0.15) is 8.42 Å². The largest absolute Gasteiger partial charge is 0.264 e. The van der Waals surface area contributed by atoms with E-state index in [0.29, 0.717) is 0 Å². The van der Waals surface area contributed by atoms with E-state index in [4.69, 9.17) is 4.18 Å². The number of benzene rings is 1. The van der Waals surface area contributed by atoms with Gasteiger partial charge < -0.3 is 0 Å². The van der Waals surface area contributed by atoms with Crippen molar-refractivity contribution in [1.29, 1.82) is 0 Å². The van der Waals surface area contributed by atoms with Crippen LogP contribution in [0, 0.1) is 6.92 Å². The van der Waals surface area contributed by atoms with Crippen molar-refractivity contribution in [3.63, 3.8) is 0 Å². The van der Waals surface area contributed by atoms with E-state index in [1.807, 2.05) is 31.2 Å². The maximum absolute atomic E-state index is 10.9. The van der Waals surface area contributed by atoms with E-state index in [1.54, 1.807) is 6.92 Å². The van der Waals surface area contributed by atoms with Crippen LogP contribution in [-0.2, 0) is 14.3 Å². The van der Waals surface area contributed by atoms with Crippen molar-refractivity contribution >= 4 is 10.1 Å². The molecular weight excluding hydrogens is 200 g/mol. The first kappa shape index (κ1) is 11.2. The standard InChI is InChI=1S/C10H14O3S/c1-8-4-6-10(7-5-8)9(2)13-14(3,11)12/h4-7,9H,1-3H3. The van der Waals surface area contributed by atoms with Crippen molar-refractivity contribution in [2.45, 2.75) is 20.0 Å². The topological polar surface area (TPSA) is 43.4 Å². The van der Waals surface area contributed by atoms with Crippen LogP contribution in [0.3, 0.4) is 0 Å². The Labute approximate surface area is 84.8 Å². The van der Waals surface area contributed by atoms with Gasteiger partial charge in [-0.3, -0.25) is 4.18 Å². The molecule has 4 heteroatoms. The van der Waals surface area contributed by atoms with Crippen molar-refractivity contribution in [3.05, 3.63) is 35.4 Å². The second-order valence-electron chi connectivity index (χ2n) is 3.35. The quantitative estimate of drug-likeness (QED) is 0.723. The normalized spacial score (nSPS) is 13.9. The molecule has 0 fully saturated rings. The van der Waals surface area contributed by atoms with E-state index in [2.05, 4.69) is 0 Å². The van der Waals surface area contributed by atoms with E-state index < -0.39 is 16.2 Å². The van der Waals surface area contributed by atoms with Crippen LogP contribution in [-0.4, -0.2) is 14.7 Å². The van der Waals surface area contributed by atoms with Gasteiger partial charge in [0.05, 0.1) is 12.4 Å². The molecule has 1 rings (SSSR count). The lowest BCUT2D eigenvalue weighted by atomic mass is 10.1. The molecule has 0 bridgehead atoms. The average molecular weight is 214 g/mol. The Morgan fingerprint density at radius 2 is 1.71 bits per heavy atom. The van der Waals surface area contributed by atoms with E-state index in [0.717, 1.165) is 17.4 Å². The molecule has 0 aliphatic rings. The lowest BCUT2D eigenvalue weighted by Gasteiger charge is -2.11. The van der Waals surface area contributed by atoms with Gasteiger partial charge in [0.2, 0.25) is 0 Å². The van der Waals surface area contributed by atoms with Crippen molar-refractivity contribution in [2.24, 2.45) is 0 Å². The third kappa shape index (κ3) is 3.47. The minimum Gasteiger partial charge on any atom is -0.262 e. The van der Waals surface area contributed by atoms with Crippen molar-refractivity contribution in [2.75, 3.05) is 6.26 Å². The average Bonchev–Trinajstić information content (AvgIpc) is 2.02. The first-order chi connectivity index (χ1) is 6.38. The second kappa shape index (κ2) is 4.11. The van der Waals surface area contributed by atoms with Gasteiger partial charge in [0, 0.05) is 0 Å². The summed E-state index contributed by atoms with van der Waals surface area (Å²) >= 11 is 0. The Kier molecular flexibility index (Phi) is 3.29. The molecule has 14 heavy (non-hydrogen) atoms. The molecule has 0 heterocycles. The first-order valence-corrected chi connectivity index (χ1v) is 6.15. The van der Waals surface area contributed by atoms with Crippen LogP contribution in [0.1, 0.15) is 24.2 Å². The highest BCUT2D eigenvalue weighted by Gasteiger charge is 2.11. The van der Waals surface area contributed by atoms with Gasteiger partial charge in [-0.25, -0.2) is 0 Å². The highest BCUT2D eigenvalue weighted by atomic mass is 32.2. The molecule has 1 atom stereocenters. The Morgan fingerprint density at radius 1 is 1.21 bits per heavy atom. The summed E-state index contributed by atoms with van der Waals surface area (Å²) in [6, 6.07) is 7.59. The van der Waals surface area contributed by atoms with Crippen molar-refractivity contribution in [3.8, 4) is 0 Å². The Balaban J connectivity index is 2.80. The van der Waals surface area contributed by atoms with Gasteiger partial charge >= 0.3 is 0 Å². The molecule has 1 unspecified atom stereocenters. The molecule has 0 radical (unpaired) electrons. The zero-order valence-corrected chi connectivity index (χ0v) is 9.34. The number of rotatable bonds is 3. The van der Waals surface area contributed by atoms with Crippen LogP contribution >= 0.6 is 0 Å². The maximum Gasteiger partial charge on any atom is 0.264 e. The van der Waals surface area contributed by atoms with Gasteiger partial charge in [0.15, 0.2) is 0 Å². The molecular formula is C10H14O3S. The molecule has 0 spiro atoms. The molecule has 3 nitrogen and oxygen atoms in total. The third-order valence-electron chi connectivity index (χ3n) is 1.87. The van der Waals surface area contributed by atoms with Gasteiger partial charge in [0.1, 0.15) is 0 Å². The summed E-state index contributed by atoms with van der Waals surface area (Å²) in [5.74, 6) is 0. The van der Waals surface area contributed by atoms with Gasteiger partial charge in [-0.05, 0) is 19.4 Å². The molecule has 0 aromatic heterocycles. The summed E-state index contributed by atoms with van der Waals surface area (Å²) < 4.78 is 26.6. The number of hydrogen-bond acceptors (Lipinski definition) is 3. The molecule has 0 saturated heterocycles. The summed E-state index contributed by atoms with van der Waals surface area (Å²) in [4.78, 5) is 0.